The summed E-state index contributed by atoms with van der Waals surface area (Å²) in [5.41, 5.74) is 0.865. The van der Waals surface area contributed by atoms with Gasteiger partial charge in [-0.3, -0.25) is 9.59 Å². The van der Waals surface area contributed by atoms with Crippen molar-refractivity contribution >= 4 is 11.8 Å². The number of hydrogen-bond acceptors (Lipinski definition) is 3. The second kappa shape index (κ2) is 5.06. The Morgan fingerprint density at radius 3 is 2.83 bits per heavy atom. The van der Waals surface area contributed by atoms with Crippen molar-refractivity contribution in [2.24, 2.45) is 23.2 Å². The van der Waals surface area contributed by atoms with E-state index in [9.17, 15) is 9.59 Å². The molecule has 0 N–H and O–H groups in total. The smallest absolute Gasteiger partial charge is 0.303 e. The van der Waals surface area contributed by atoms with Crippen molar-refractivity contribution in [3.05, 3.63) is 23.8 Å². The van der Waals surface area contributed by atoms with Gasteiger partial charge in [-0.2, -0.15) is 0 Å². The number of rotatable bonds is 1. The maximum atomic E-state index is 11.8. The highest BCUT2D eigenvalue weighted by Gasteiger charge is 2.58. The molecule has 0 spiro atoms. The molecule has 0 aromatic rings. The second-order valence-corrected chi connectivity index (χ2v) is 8.29. The molecule has 3 nitrogen and oxygen atoms in total. The highest BCUT2D eigenvalue weighted by atomic mass is 16.6. The van der Waals surface area contributed by atoms with E-state index in [1.54, 1.807) is 12.2 Å². The number of ether oxygens (including phenoxy) is 1. The van der Waals surface area contributed by atoms with E-state index in [1.165, 1.54) is 32.6 Å². The Balaban J connectivity index is 1.75. The zero-order valence-electron chi connectivity index (χ0n) is 14.1. The Kier molecular flexibility index (Phi) is 3.33. The fourth-order valence-corrected chi connectivity index (χ4v) is 6.23. The maximum absolute atomic E-state index is 11.8. The fourth-order valence-electron chi connectivity index (χ4n) is 6.23. The summed E-state index contributed by atoms with van der Waals surface area (Å²) in [5, 5.41) is 0. The first-order valence-electron chi connectivity index (χ1n) is 9.08. The summed E-state index contributed by atoms with van der Waals surface area (Å²) in [6.45, 7) is 3.95. The minimum Gasteiger partial charge on any atom is -0.450 e. The lowest BCUT2D eigenvalue weighted by atomic mass is 9.51. The van der Waals surface area contributed by atoms with Crippen LogP contribution in [0.2, 0.25) is 0 Å². The first-order chi connectivity index (χ1) is 10.9. The Morgan fingerprint density at radius 1 is 1.22 bits per heavy atom. The predicted octanol–water partition coefficient (Wildman–Crippen LogP) is 3.98. The summed E-state index contributed by atoms with van der Waals surface area (Å²) >= 11 is 0. The third-order valence-corrected chi connectivity index (χ3v) is 7.14. The minimum absolute atomic E-state index is 0.0303. The molecular formula is C20H26O3. The Hall–Kier alpha value is -1.38. The molecule has 0 saturated heterocycles. The molecule has 0 unspecified atom stereocenters. The van der Waals surface area contributed by atoms with E-state index < -0.39 is 5.60 Å². The standard InChI is InChI=1S/C20H26O3/c1-13(21)23-20-11-7-15(22)12-14(20)5-6-16-17-4-3-9-19(17,2)10-8-18(16)20/h7,11-12,16-18H,3-6,8-10H2,1-2H3/t16-,17+,18+,19-,20-/m1/s1. The number of ketones is 1. The molecule has 0 aromatic carbocycles. The van der Waals surface area contributed by atoms with Gasteiger partial charge in [0.25, 0.3) is 0 Å². The van der Waals surface area contributed by atoms with Gasteiger partial charge in [-0.05, 0) is 79.6 Å². The normalized spacial score (nSPS) is 44.9. The highest BCUT2D eigenvalue weighted by molar-refractivity contribution is 6.01. The molecule has 0 heterocycles. The topological polar surface area (TPSA) is 43.4 Å². The van der Waals surface area contributed by atoms with E-state index in [4.69, 9.17) is 4.74 Å². The molecule has 0 aromatic heterocycles. The third-order valence-electron chi connectivity index (χ3n) is 7.14. The molecule has 4 aliphatic rings. The summed E-state index contributed by atoms with van der Waals surface area (Å²) in [6.07, 6.45) is 13.6. The van der Waals surface area contributed by atoms with Gasteiger partial charge in [0.1, 0.15) is 0 Å². The number of esters is 1. The molecule has 23 heavy (non-hydrogen) atoms. The lowest BCUT2D eigenvalue weighted by Crippen LogP contribution is -2.55. The van der Waals surface area contributed by atoms with Gasteiger partial charge < -0.3 is 4.74 Å². The molecular weight excluding hydrogens is 288 g/mol. The molecule has 124 valence electrons. The zero-order valence-corrected chi connectivity index (χ0v) is 14.1. The van der Waals surface area contributed by atoms with Crippen LogP contribution in [0.3, 0.4) is 0 Å². The van der Waals surface area contributed by atoms with E-state index >= 15 is 0 Å². The van der Waals surface area contributed by atoms with Gasteiger partial charge in [0.2, 0.25) is 0 Å². The molecule has 0 radical (unpaired) electrons. The average Bonchev–Trinajstić information content (AvgIpc) is 2.89. The van der Waals surface area contributed by atoms with Crippen molar-refractivity contribution in [2.75, 3.05) is 0 Å². The van der Waals surface area contributed by atoms with Crippen LogP contribution < -0.4 is 0 Å². The second-order valence-electron chi connectivity index (χ2n) is 8.29. The Morgan fingerprint density at radius 2 is 2.04 bits per heavy atom. The van der Waals surface area contributed by atoms with Crippen LogP contribution in [-0.2, 0) is 14.3 Å². The van der Waals surface area contributed by atoms with Crippen LogP contribution in [0.1, 0.15) is 58.8 Å². The highest BCUT2D eigenvalue weighted by Crippen LogP contribution is 2.62. The van der Waals surface area contributed by atoms with Crippen molar-refractivity contribution in [2.45, 2.75) is 64.4 Å². The molecule has 4 rings (SSSR count). The summed E-state index contributed by atoms with van der Waals surface area (Å²) in [7, 11) is 0. The number of carbonyl (C=O) groups is 2. The summed E-state index contributed by atoms with van der Waals surface area (Å²) in [5.74, 6) is 1.50. The van der Waals surface area contributed by atoms with Crippen LogP contribution in [0.4, 0.5) is 0 Å². The number of fused-ring (bicyclic) bond motifs is 5. The van der Waals surface area contributed by atoms with Gasteiger partial charge >= 0.3 is 5.97 Å². The largest absolute Gasteiger partial charge is 0.450 e. The number of carbonyl (C=O) groups excluding carboxylic acids is 2. The van der Waals surface area contributed by atoms with Gasteiger partial charge in [-0.15, -0.1) is 0 Å². The van der Waals surface area contributed by atoms with Gasteiger partial charge in [0, 0.05) is 12.8 Å². The molecule has 3 fully saturated rings. The van der Waals surface area contributed by atoms with Crippen LogP contribution in [0.5, 0.6) is 0 Å². The summed E-state index contributed by atoms with van der Waals surface area (Å²) < 4.78 is 5.94. The van der Waals surface area contributed by atoms with Gasteiger partial charge in [-0.25, -0.2) is 0 Å². The monoisotopic (exact) mass is 314 g/mol. The number of hydrogen-bond donors (Lipinski definition) is 0. The van der Waals surface area contributed by atoms with Crippen LogP contribution in [-0.4, -0.2) is 17.4 Å². The first kappa shape index (κ1) is 15.2. The maximum Gasteiger partial charge on any atom is 0.303 e. The van der Waals surface area contributed by atoms with Crippen LogP contribution in [0, 0.1) is 23.2 Å². The van der Waals surface area contributed by atoms with Gasteiger partial charge in [0.15, 0.2) is 11.4 Å². The van der Waals surface area contributed by atoms with E-state index in [2.05, 4.69) is 6.92 Å². The molecule has 3 heteroatoms. The average molecular weight is 314 g/mol. The quantitative estimate of drug-likeness (QED) is 0.688. The Bertz CT molecular complexity index is 616. The molecule has 0 amide bonds. The van der Waals surface area contributed by atoms with Crippen LogP contribution >= 0.6 is 0 Å². The molecule has 0 aliphatic heterocycles. The predicted molar refractivity (Wildman–Crippen MR) is 87.6 cm³/mol. The summed E-state index contributed by atoms with van der Waals surface area (Å²) in [4.78, 5) is 23.7. The lowest BCUT2D eigenvalue weighted by Gasteiger charge is -2.56. The summed E-state index contributed by atoms with van der Waals surface area (Å²) in [6, 6.07) is 0. The van der Waals surface area contributed by atoms with E-state index in [0.717, 1.165) is 30.8 Å². The van der Waals surface area contributed by atoms with Crippen LogP contribution in [0.25, 0.3) is 0 Å². The molecule has 5 atom stereocenters. The minimum atomic E-state index is -0.646. The SMILES string of the molecule is CC(=O)O[C@]12C=CC(=O)C=C1CC[C@@H]1[C@@H]3CCC[C@]3(C)CC[C@@H]12. The van der Waals surface area contributed by atoms with E-state index in [-0.39, 0.29) is 11.8 Å². The van der Waals surface area contributed by atoms with Crippen molar-refractivity contribution in [1.29, 1.82) is 0 Å². The van der Waals surface area contributed by atoms with Crippen LogP contribution in [0.15, 0.2) is 23.8 Å². The third kappa shape index (κ3) is 2.15. The molecule has 3 saturated carbocycles. The number of allylic oxidation sites excluding steroid dienone is 2. The van der Waals surface area contributed by atoms with E-state index in [1.807, 2.05) is 6.08 Å². The van der Waals surface area contributed by atoms with Gasteiger partial charge in [0.05, 0.1) is 0 Å². The Labute approximate surface area is 138 Å². The lowest BCUT2D eigenvalue weighted by molar-refractivity contribution is -0.163. The fraction of sp³-hybridized carbons (Fsp3) is 0.700. The molecule has 0 bridgehead atoms. The van der Waals surface area contributed by atoms with Gasteiger partial charge in [-0.1, -0.05) is 13.3 Å². The van der Waals surface area contributed by atoms with Crippen molar-refractivity contribution in [1.82, 2.24) is 0 Å². The van der Waals surface area contributed by atoms with Crippen molar-refractivity contribution in [3.8, 4) is 0 Å². The zero-order chi connectivity index (χ0) is 16.2. The van der Waals surface area contributed by atoms with Crippen molar-refractivity contribution in [3.63, 3.8) is 0 Å². The van der Waals surface area contributed by atoms with E-state index in [0.29, 0.717) is 17.3 Å². The molecule has 4 aliphatic carbocycles. The first-order valence-corrected chi connectivity index (χ1v) is 9.08. The van der Waals surface area contributed by atoms with Crippen molar-refractivity contribution < 1.29 is 14.3 Å².